The lowest BCUT2D eigenvalue weighted by Crippen LogP contribution is -2.29. The van der Waals surface area contributed by atoms with E-state index in [2.05, 4.69) is 10.2 Å². The van der Waals surface area contributed by atoms with Crippen molar-refractivity contribution < 1.29 is 19.1 Å². The third-order valence-electron chi connectivity index (χ3n) is 4.68. The van der Waals surface area contributed by atoms with Crippen LogP contribution < -0.4 is 4.90 Å². The number of aromatic nitrogens is 2. The molecule has 2 aromatic carbocycles. The van der Waals surface area contributed by atoms with Crippen molar-refractivity contribution in [3.05, 3.63) is 81.6 Å². The van der Waals surface area contributed by atoms with Crippen LogP contribution in [0.2, 0.25) is 0 Å². The molecule has 146 valence electrons. The van der Waals surface area contributed by atoms with Crippen LogP contribution in [0.15, 0.2) is 54.1 Å². The molecule has 1 aliphatic heterocycles. The first kappa shape index (κ1) is 18.9. The maximum atomic E-state index is 13.3. The van der Waals surface area contributed by atoms with Gasteiger partial charge in [0.25, 0.3) is 5.78 Å². The van der Waals surface area contributed by atoms with Crippen LogP contribution in [0.3, 0.4) is 0 Å². The van der Waals surface area contributed by atoms with Gasteiger partial charge in [0.15, 0.2) is 0 Å². The monoisotopic (exact) mass is 409 g/mol. The summed E-state index contributed by atoms with van der Waals surface area (Å²) in [6.45, 7) is 3.67. The van der Waals surface area contributed by atoms with E-state index in [4.69, 9.17) is 0 Å². The van der Waals surface area contributed by atoms with Gasteiger partial charge in [0.2, 0.25) is 5.13 Å². The van der Waals surface area contributed by atoms with E-state index in [-0.39, 0.29) is 22.0 Å². The Bertz CT molecular complexity index is 1140. The van der Waals surface area contributed by atoms with E-state index < -0.39 is 23.5 Å². The highest BCUT2D eigenvalue weighted by Gasteiger charge is 2.48. The van der Waals surface area contributed by atoms with E-state index >= 15 is 0 Å². The summed E-state index contributed by atoms with van der Waals surface area (Å²) < 4.78 is 13.3. The highest BCUT2D eigenvalue weighted by atomic mass is 32.1. The predicted octanol–water partition coefficient (Wildman–Crippen LogP) is 3.92. The molecule has 0 saturated carbocycles. The summed E-state index contributed by atoms with van der Waals surface area (Å²) in [6, 6.07) is 11.5. The standard InChI is InChI=1S/C21H16FN3O3S/c1-11-3-5-13(6-4-11)17-16(18(26)14-7-9-15(22)10-8-14)19(27)20(28)25(17)21-24-23-12(2)29-21/h3-10,17,26H,1-2H3. The Morgan fingerprint density at radius 3 is 2.28 bits per heavy atom. The Balaban J connectivity index is 1.93. The summed E-state index contributed by atoms with van der Waals surface area (Å²) in [5, 5.41) is 19.8. The molecule has 0 bridgehead atoms. The van der Waals surface area contributed by atoms with Crippen LogP contribution >= 0.6 is 11.3 Å². The van der Waals surface area contributed by atoms with Crippen LogP contribution in [0.1, 0.15) is 27.7 Å². The number of Topliss-reactive ketones (excluding diaryl/α,β-unsaturated/α-hetero) is 1. The van der Waals surface area contributed by atoms with Gasteiger partial charge in [-0.25, -0.2) is 4.39 Å². The van der Waals surface area contributed by atoms with Crippen molar-refractivity contribution in [2.45, 2.75) is 19.9 Å². The normalized spacial score (nSPS) is 18.4. The Hall–Kier alpha value is -3.39. The highest BCUT2D eigenvalue weighted by molar-refractivity contribution is 7.15. The topological polar surface area (TPSA) is 83.4 Å². The summed E-state index contributed by atoms with van der Waals surface area (Å²) in [4.78, 5) is 27.0. The van der Waals surface area contributed by atoms with Crippen LogP contribution in [0.25, 0.3) is 5.76 Å². The second-order valence-electron chi connectivity index (χ2n) is 6.69. The molecule has 1 unspecified atom stereocenters. The van der Waals surface area contributed by atoms with E-state index in [1.54, 1.807) is 19.1 Å². The Morgan fingerprint density at radius 1 is 1.03 bits per heavy atom. The quantitative estimate of drug-likeness (QED) is 0.403. The number of hydrogen-bond donors (Lipinski definition) is 1. The maximum absolute atomic E-state index is 13.3. The third-order valence-corrected chi connectivity index (χ3v) is 5.51. The van der Waals surface area contributed by atoms with Gasteiger partial charge < -0.3 is 5.11 Å². The molecule has 1 amide bonds. The summed E-state index contributed by atoms with van der Waals surface area (Å²) in [5.74, 6) is -2.46. The lowest BCUT2D eigenvalue weighted by Gasteiger charge is -2.22. The minimum atomic E-state index is -0.868. The molecule has 1 saturated heterocycles. The molecule has 1 aliphatic rings. The van der Waals surface area contributed by atoms with E-state index in [1.165, 1.54) is 40.5 Å². The minimum Gasteiger partial charge on any atom is -0.507 e. The summed E-state index contributed by atoms with van der Waals surface area (Å²) >= 11 is 1.18. The smallest absolute Gasteiger partial charge is 0.301 e. The SMILES string of the molecule is Cc1ccc(C2C(=C(O)c3ccc(F)cc3)C(=O)C(=O)N2c2nnc(C)s2)cc1. The second kappa shape index (κ2) is 7.21. The Kier molecular flexibility index (Phi) is 4.71. The molecule has 29 heavy (non-hydrogen) atoms. The van der Waals surface area contributed by atoms with Gasteiger partial charge in [-0.3, -0.25) is 14.5 Å². The van der Waals surface area contributed by atoms with Crippen LogP contribution in [0.5, 0.6) is 0 Å². The molecule has 6 nitrogen and oxygen atoms in total. The van der Waals surface area contributed by atoms with Crippen molar-refractivity contribution in [3.8, 4) is 0 Å². The molecule has 0 aliphatic carbocycles. The van der Waals surface area contributed by atoms with Crippen LogP contribution in [-0.4, -0.2) is 27.0 Å². The molecule has 1 atom stereocenters. The number of aliphatic hydroxyl groups excluding tert-OH is 1. The number of carbonyl (C=O) groups excluding carboxylic acids is 2. The molecule has 2 heterocycles. The lowest BCUT2D eigenvalue weighted by atomic mass is 9.95. The van der Waals surface area contributed by atoms with Crippen LogP contribution in [0.4, 0.5) is 9.52 Å². The van der Waals surface area contributed by atoms with Crippen molar-refractivity contribution in [1.82, 2.24) is 10.2 Å². The van der Waals surface area contributed by atoms with Gasteiger partial charge in [0.05, 0.1) is 11.6 Å². The van der Waals surface area contributed by atoms with Crippen LogP contribution in [-0.2, 0) is 9.59 Å². The lowest BCUT2D eigenvalue weighted by molar-refractivity contribution is -0.132. The van der Waals surface area contributed by atoms with Gasteiger partial charge in [0.1, 0.15) is 16.6 Å². The van der Waals surface area contributed by atoms with Crippen molar-refractivity contribution in [3.63, 3.8) is 0 Å². The molecule has 1 fully saturated rings. The number of halogens is 1. The number of benzene rings is 2. The summed E-state index contributed by atoms with van der Waals surface area (Å²) in [6.07, 6.45) is 0. The number of nitrogens with zero attached hydrogens (tertiary/aromatic N) is 3. The number of ketones is 1. The molecular weight excluding hydrogens is 393 g/mol. The zero-order valence-electron chi connectivity index (χ0n) is 15.6. The van der Waals surface area contributed by atoms with Gasteiger partial charge >= 0.3 is 5.91 Å². The summed E-state index contributed by atoms with van der Waals surface area (Å²) in [7, 11) is 0. The predicted molar refractivity (Wildman–Crippen MR) is 107 cm³/mol. The molecule has 1 aromatic heterocycles. The second-order valence-corrected chi connectivity index (χ2v) is 7.85. The van der Waals surface area contributed by atoms with E-state index in [1.807, 2.05) is 19.1 Å². The fourth-order valence-corrected chi connectivity index (χ4v) is 3.95. The molecule has 8 heteroatoms. The Morgan fingerprint density at radius 2 is 1.69 bits per heavy atom. The number of amides is 1. The largest absolute Gasteiger partial charge is 0.507 e. The van der Waals surface area contributed by atoms with Gasteiger partial charge in [-0.15, -0.1) is 10.2 Å². The summed E-state index contributed by atoms with van der Waals surface area (Å²) in [5.41, 5.74) is 1.83. The number of hydrogen-bond acceptors (Lipinski definition) is 6. The first-order valence-electron chi connectivity index (χ1n) is 8.80. The van der Waals surface area contributed by atoms with Gasteiger partial charge in [-0.1, -0.05) is 41.2 Å². The molecule has 3 aromatic rings. The fraction of sp³-hybridized carbons (Fsp3) is 0.143. The van der Waals surface area contributed by atoms with E-state index in [0.717, 1.165) is 5.56 Å². The first-order chi connectivity index (χ1) is 13.9. The number of aryl methyl sites for hydroxylation is 2. The van der Waals surface area contributed by atoms with E-state index in [0.29, 0.717) is 10.6 Å². The number of aliphatic hydroxyl groups is 1. The molecule has 0 radical (unpaired) electrons. The zero-order chi connectivity index (χ0) is 20.7. The van der Waals surface area contributed by atoms with Crippen molar-refractivity contribution >= 4 is 33.9 Å². The molecule has 4 rings (SSSR count). The number of anilines is 1. The fourth-order valence-electron chi connectivity index (χ4n) is 3.24. The van der Waals surface area contributed by atoms with Crippen molar-refractivity contribution in [2.75, 3.05) is 4.90 Å². The average molecular weight is 409 g/mol. The number of carbonyl (C=O) groups is 2. The molecule has 0 spiro atoms. The van der Waals surface area contributed by atoms with Gasteiger partial charge in [-0.2, -0.15) is 0 Å². The van der Waals surface area contributed by atoms with Gasteiger partial charge in [0, 0.05) is 5.56 Å². The maximum Gasteiger partial charge on any atom is 0.301 e. The van der Waals surface area contributed by atoms with Crippen molar-refractivity contribution in [2.24, 2.45) is 0 Å². The molecular formula is C21H16FN3O3S. The first-order valence-corrected chi connectivity index (χ1v) is 9.62. The van der Waals surface area contributed by atoms with Crippen molar-refractivity contribution in [1.29, 1.82) is 0 Å². The Labute approximate surface area is 169 Å². The average Bonchev–Trinajstić information content (AvgIpc) is 3.24. The minimum absolute atomic E-state index is 0.0710. The van der Waals surface area contributed by atoms with Crippen LogP contribution in [0, 0.1) is 19.7 Å². The highest BCUT2D eigenvalue weighted by Crippen LogP contribution is 2.42. The number of rotatable bonds is 3. The van der Waals surface area contributed by atoms with Gasteiger partial charge in [-0.05, 0) is 43.7 Å². The van der Waals surface area contributed by atoms with E-state index in [9.17, 15) is 19.1 Å². The zero-order valence-corrected chi connectivity index (χ0v) is 16.4. The molecule has 1 N–H and O–H groups in total. The third kappa shape index (κ3) is 3.31.